The largest absolute Gasteiger partial charge is 0.445 e. The molecule has 5 rings (SSSR count). The predicted octanol–water partition coefficient (Wildman–Crippen LogP) is 5.49. The van der Waals surface area contributed by atoms with Gasteiger partial charge in [0.25, 0.3) is 5.91 Å². The molecule has 9 nitrogen and oxygen atoms in total. The number of hydrogen-bond acceptors (Lipinski definition) is 7. The Hall–Kier alpha value is -2.75. The van der Waals surface area contributed by atoms with Crippen molar-refractivity contribution in [3.8, 4) is 0 Å². The smallest absolute Gasteiger partial charge is 0.417 e. The maximum Gasteiger partial charge on any atom is 0.417 e. The summed E-state index contributed by atoms with van der Waals surface area (Å²) in [5, 5.41) is 14.5. The molecule has 3 aliphatic carbocycles. The number of rotatable bonds is 5. The van der Waals surface area contributed by atoms with E-state index in [1.54, 1.807) is 24.3 Å². The lowest BCUT2D eigenvalue weighted by molar-refractivity contribution is -0.192. The van der Waals surface area contributed by atoms with Gasteiger partial charge in [-0.25, -0.2) is 9.69 Å². The van der Waals surface area contributed by atoms with Crippen molar-refractivity contribution in [1.82, 2.24) is 4.90 Å². The van der Waals surface area contributed by atoms with E-state index in [2.05, 4.69) is 32.7 Å². The van der Waals surface area contributed by atoms with E-state index in [1.165, 1.54) is 0 Å². The van der Waals surface area contributed by atoms with Crippen LogP contribution in [0.25, 0.3) is 0 Å². The van der Waals surface area contributed by atoms with E-state index in [1.807, 2.05) is 20.8 Å². The average Bonchev–Trinajstić information content (AvgIpc) is 3.50. The van der Waals surface area contributed by atoms with Crippen LogP contribution in [0.4, 0.5) is 10.5 Å². The van der Waals surface area contributed by atoms with Gasteiger partial charge in [-0.1, -0.05) is 53.7 Å². The van der Waals surface area contributed by atoms with E-state index < -0.39 is 41.1 Å². The Morgan fingerprint density at radius 1 is 1.20 bits per heavy atom. The topological polar surface area (TPSA) is 139 Å². The van der Waals surface area contributed by atoms with Gasteiger partial charge in [0.1, 0.15) is 11.9 Å². The first-order valence-electron chi connectivity index (χ1n) is 15.7. The molecule has 1 aliphatic heterocycles. The summed E-state index contributed by atoms with van der Waals surface area (Å²) >= 11 is 0. The molecule has 9 atom stereocenters. The molecule has 0 aromatic heterocycles. The second kappa shape index (κ2) is 11.9. The van der Waals surface area contributed by atoms with Crippen LogP contribution in [0.1, 0.15) is 89.6 Å². The second-order valence-corrected chi connectivity index (χ2v) is 14.5. The van der Waals surface area contributed by atoms with E-state index in [0.29, 0.717) is 29.7 Å². The lowest BCUT2D eigenvalue weighted by Gasteiger charge is -2.61. The van der Waals surface area contributed by atoms with Crippen LogP contribution in [-0.4, -0.2) is 51.9 Å². The number of carbonyl (C=O) groups is 4. The summed E-state index contributed by atoms with van der Waals surface area (Å²) < 4.78 is 6.33. The normalized spacial score (nSPS) is 36.8. The number of nitrogens with two attached hydrogens (primary N) is 1. The molecular formula is C34H48ClN3O6. The van der Waals surface area contributed by atoms with Crippen molar-refractivity contribution in [2.24, 2.45) is 45.7 Å². The zero-order valence-electron chi connectivity index (χ0n) is 26.7. The van der Waals surface area contributed by atoms with Crippen LogP contribution in [0.3, 0.4) is 0 Å². The molecule has 3 amide bonds. The summed E-state index contributed by atoms with van der Waals surface area (Å²) in [6, 6.07) is 4.27. The molecule has 0 spiro atoms. The van der Waals surface area contributed by atoms with Gasteiger partial charge in [-0.2, -0.15) is 0 Å². The van der Waals surface area contributed by atoms with Gasteiger partial charge in [-0.3, -0.25) is 14.4 Å². The molecule has 4 aliphatic rings. The van der Waals surface area contributed by atoms with Gasteiger partial charge in [0, 0.05) is 34.4 Å². The van der Waals surface area contributed by atoms with Gasteiger partial charge in [-0.15, -0.1) is 19.0 Å². The van der Waals surface area contributed by atoms with Crippen LogP contribution >= 0.6 is 12.4 Å². The van der Waals surface area contributed by atoms with E-state index in [4.69, 9.17) is 10.5 Å². The number of hydrogen-bond donors (Lipinski definition) is 3. The number of halogens is 1. The fraction of sp³-hybridized carbons (Fsp3) is 0.647. The average molecular weight is 630 g/mol. The number of amides is 3. The lowest BCUT2D eigenvalue weighted by atomic mass is 9.44. The van der Waals surface area contributed by atoms with Crippen molar-refractivity contribution in [2.75, 3.05) is 5.32 Å². The minimum absolute atomic E-state index is 0. The van der Waals surface area contributed by atoms with E-state index in [-0.39, 0.29) is 66.1 Å². The number of carbonyl (C=O) groups excluding carboxylic acids is 4. The summed E-state index contributed by atoms with van der Waals surface area (Å²) in [5.74, 6) is -1.14. The molecule has 4 N–H and O–H groups in total. The maximum absolute atomic E-state index is 13.9. The van der Waals surface area contributed by atoms with E-state index in [9.17, 15) is 24.3 Å². The summed E-state index contributed by atoms with van der Waals surface area (Å²) in [4.78, 5) is 54.6. The van der Waals surface area contributed by atoms with Crippen LogP contribution in [0, 0.1) is 39.9 Å². The number of anilines is 1. The number of ketones is 1. The Balaban J connectivity index is 0.00000442. The van der Waals surface area contributed by atoms with Gasteiger partial charge < -0.3 is 20.9 Å². The first kappa shape index (κ1) is 34.1. The third-order valence-electron chi connectivity index (χ3n) is 12.0. The van der Waals surface area contributed by atoms with Crippen molar-refractivity contribution >= 4 is 41.8 Å². The standard InChI is InChI=1S/C34H47N3O6.ClH/c1-8-32(6)16-25(33(7)19(4)11-13-34(20(5)28(32)39)14-12-24(38)27(33)34)43-31(42)37-17-21-9-10-22(15-23(21)30(37)41)36-29(40)26(35)18(2)3;/h8-10,15,18-20,25-28,39H,1,11-14,16-17,35H2,2-7H3,(H,36,40);1H/t19-,20+,25-,26+,27+,28+,32-,33+,34+;/m1./s1. The number of aliphatic hydroxyl groups is 1. The Morgan fingerprint density at radius 3 is 2.52 bits per heavy atom. The van der Waals surface area contributed by atoms with Crippen molar-refractivity contribution in [3.05, 3.63) is 42.0 Å². The highest BCUT2D eigenvalue weighted by atomic mass is 35.5. The van der Waals surface area contributed by atoms with Crippen LogP contribution in [0.15, 0.2) is 30.9 Å². The Morgan fingerprint density at radius 2 is 1.89 bits per heavy atom. The number of imide groups is 1. The highest BCUT2D eigenvalue weighted by molar-refractivity contribution is 6.07. The van der Waals surface area contributed by atoms with Crippen molar-refractivity contribution in [1.29, 1.82) is 0 Å². The summed E-state index contributed by atoms with van der Waals surface area (Å²) in [5.41, 5.74) is 5.52. The van der Waals surface area contributed by atoms with Crippen LogP contribution < -0.4 is 11.1 Å². The SMILES string of the molecule is C=C[C@]1(C)C[C@@H](OC(=O)N2Cc3ccc(NC(=O)[C@@H](N)C(C)C)cc3C2=O)[C@]2(C)[C@H](C)CC[C@]3(CCC(=O)[C@H]32)[C@@H](C)[C@@H]1O.Cl. The molecule has 0 radical (unpaired) electrons. The molecule has 0 unspecified atom stereocenters. The lowest BCUT2D eigenvalue weighted by Crippen LogP contribution is -2.63. The van der Waals surface area contributed by atoms with Crippen LogP contribution in [0.2, 0.25) is 0 Å². The first-order chi connectivity index (χ1) is 20.1. The fourth-order valence-electron chi connectivity index (χ4n) is 8.74. The molecule has 3 saturated carbocycles. The molecule has 1 aromatic carbocycles. The number of benzene rings is 1. The summed E-state index contributed by atoms with van der Waals surface area (Å²) in [6.07, 6.45) is 2.64. The molecule has 10 heteroatoms. The number of nitrogens with zero attached hydrogens (tertiary/aromatic N) is 1. The molecule has 44 heavy (non-hydrogen) atoms. The third-order valence-corrected chi connectivity index (χ3v) is 12.0. The molecule has 242 valence electrons. The van der Waals surface area contributed by atoms with Gasteiger partial charge in [0.2, 0.25) is 5.91 Å². The van der Waals surface area contributed by atoms with E-state index >= 15 is 0 Å². The summed E-state index contributed by atoms with van der Waals surface area (Å²) in [7, 11) is 0. The number of aliphatic hydroxyl groups excluding tert-OH is 1. The fourth-order valence-corrected chi connectivity index (χ4v) is 8.74. The van der Waals surface area contributed by atoms with Crippen LogP contribution in [-0.2, 0) is 20.9 Å². The Bertz CT molecular complexity index is 1370. The summed E-state index contributed by atoms with van der Waals surface area (Å²) in [6.45, 7) is 16.0. The molecule has 1 aromatic rings. The Kier molecular flexibility index (Phi) is 9.21. The van der Waals surface area contributed by atoms with Crippen LogP contribution in [0.5, 0.6) is 0 Å². The van der Waals surface area contributed by atoms with Crippen molar-refractivity contribution in [3.63, 3.8) is 0 Å². The monoisotopic (exact) mass is 629 g/mol. The minimum atomic E-state index is -0.775. The number of fused-ring (bicyclic) bond motifs is 1. The molecule has 0 saturated heterocycles. The van der Waals surface area contributed by atoms with Crippen molar-refractivity contribution < 1.29 is 29.0 Å². The quantitative estimate of drug-likeness (QED) is 0.366. The predicted molar refractivity (Wildman–Crippen MR) is 170 cm³/mol. The Labute approximate surface area is 266 Å². The third kappa shape index (κ3) is 5.09. The van der Waals surface area contributed by atoms with Gasteiger partial charge >= 0.3 is 6.09 Å². The molecule has 1 heterocycles. The maximum atomic E-state index is 13.9. The highest BCUT2D eigenvalue weighted by Gasteiger charge is 2.68. The molecular weight excluding hydrogens is 582 g/mol. The zero-order chi connectivity index (χ0) is 31.6. The zero-order valence-corrected chi connectivity index (χ0v) is 27.5. The minimum Gasteiger partial charge on any atom is -0.445 e. The van der Waals surface area contributed by atoms with Crippen molar-refractivity contribution in [2.45, 2.75) is 98.4 Å². The molecule has 2 bridgehead atoms. The van der Waals surface area contributed by atoms with Gasteiger partial charge in [0.15, 0.2) is 0 Å². The van der Waals surface area contributed by atoms with E-state index in [0.717, 1.165) is 17.7 Å². The van der Waals surface area contributed by atoms with Gasteiger partial charge in [-0.05, 0) is 66.5 Å². The first-order valence-corrected chi connectivity index (χ1v) is 15.7. The highest BCUT2D eigenvalue weighted by Crippen LogP contribution is 2.68. The van der Waals surface area contributed by atoms with Gasteiger partial charge in [0.05, 0.1) is 18.7 Å². The second-order valence-electron chi connectivity index (χ2n) is 14.5. The number of Topliss-reactive ketones (excluding diaryl/α,β-unsaturated/α-hetero) is 1. The molecule has 3 fully saturated rings. The number of nitrogens with one attached hydrogen (secondary N) is 1. The number of ether oxygens (including phenoxy) is 1.